The summed E-state index contributed by atoms with van der Waals surface area (Å²) < 4.78 is 0. The average molecular weight is 225 g/mol. The number of hydrogen-bond donors (Lipinski definition) is 1. The van der Waals surface area contributed by atoms with Crippen LogP contribution in [0.1, 0.15) is 38.2 Å². The zero-order valence-electron chi connectivity index (χ0n) is 9.04. The minimum Gasteiger partial charge on any atom is -0.385 e. The molecular weight excluding hydrogens is 208 g/mol. The van der Waals surface area contributed by atoms with Gasteiger partial charge in [0, 0.05) is 5.02 Å². The van der Waals surface area contributed by atoms with E-state index in [1.165, 1.54) is 6.42 Å². The second-order valence-corrected chi connectivity index (χ2v) is 5.02. The van der Waals surface area contributed by atoms with Crippen LogP contribution in [0, 0.1) is 5.92 Å². The van der Waals surface area contributed by atoms with E-state index in [-0.39, 0.29) is 0 Å². The lowest BCUT2D eigenvalue weighted by Gasteiger charge is -2.38. The molecule has 2 atom stereocenters. The maximum Gasteiger partial charge on any atom is 0.0922 e. The zero-order chi connectivity index (χ0) is 10.9. The lowest BCUT2D eigenvalue weighted by Crippen LogP contribution is -2.36. The minimum atomic E-state index is -0.664. The first-order valence-electron chi connectivity index (χ1n) is 5.61. The standard InChI is InChI=1S/C13H17ClO/c1-10-5-2-3-8-13(10,15)11-6-4-7-12(14)9-11/h4,6-7,9-10,15H,2-3,5,8H2,1H3. The molecule has 1 aromatic carbocycles. The van der Waals surface area contributed by atoms with Crippen molar-refractivity contribution < 1.29 is 5.11 Å². The molecule has 0 aromatic heterocycles. The molecule has 1 aliphatic carbocycles. The molecule has 82 valence electrons. The van der Waals surface area contributed by atoms with Gasteiger partial charge in [0.15, 0.2) is 0 Å². The lowest BCUT2D eigenvalue weighted by atomic mass is 9.72. The third-order valence-corrected chi connectivity index (χ3v) is 3.82. The Hall–Kier alpha value is -0.530. The van der Waals surface area contributed by atoms with Crippen molar-refractivity contribution in [3.05, 3.63) is 34.9 Å². The van der Waals surface area contributed by atoms with Gasteiger partial charge in [-0.25, -0.2) is 0 Å². The molecule has 0 aliphatic heterocycles. The topological polar surface area (TPSA) is 20.2 Å². The van der Waals surface area contributed by atoms with Gasteiger partial charge in [0.05, 0.1) is 5.60 Å². The van der Waals surface area contributed by atoms with Crippen molar-refractivity contribution >= 4 is 11.6 Å². The van der Waals surface area contributed by atoms with Gasteiger partial charge in [-0.05, 0) is 36.5 Å². The molecule has 0 bridgehead atoms. The normalized spacial score (nSPS) is 31.5. The van der Waals surface area contributed by atoms with Crippen molar-refractivity contribution in [2.45, 2.75) is 38.2 Å². The van der Waals surface area contributed by atoms with Crippen molar-refractivity contribution in [2.24, 2.45) is 5.92 Å². The Morgan fingerprint density at radius 1 is 1.40 bits per heavy atom. The van der Waals surface area contributed by atoms with Crippen molar-refractivity contribution in [2.75, 3.05) is 0 Å². The molecule has 15 heavy (non-hydrogen) atoms. The van der Waals surface area contributed by atoms with Crippen molar-refractivity contribution in [3.8, 4) is 0 Å². The molecule has 1 N–H and O–H groups in total. The Kier molecular flexibility index (Phi) is 3.03. The van der Waals surface area contributed by atoms with Gasteiger partial charge in [0.2, 0.25) is 0 Å². The van der Waals surface area contributed by atoms with Gasteiger partial charge in [-0.3, -0.25) is 0 Å². The molecule has 0 amide bonds. The van der Waals surface area contributed by atoms with Crippen LogP contribution in [0.2, 0.25) is 5.02 Å². The summed E-state index contributed by atoms with van der Waals surface area (Å²) in [5.41, 5.74) is 0.311. The molecular formula is C13H17ClO. The number of hydrogen-bond acceptors (Lipinski definition) is 1. The largest absolute Gasteiger partial charge is 0.385 e. The Bertz CT molecular complexity index is 350. The van der Waals surface area contributed by atoms with E-state index < -0.39 is 5.60 Å². The molecule has 0 radical (unpaired) electrons. The van der Waals surface area contributed by atoms with E-state index in [1.54, 1.807) is 0 Å². The van der Waals surface area contributed by atoms with E-state index in [2.05, 4.69) is 6.92 Å². The quantitative estimate of drug-likeness (QED) is 0.771. The van der Waals surface area contributed by atoms with Crippen LogP contribution in [0.4, 0.5) is 0 Å². The van der Waals surface area contributed by atoms with Crippen molar-refractivity contribution in [1.29, 1.82) is 0 Å². The Morgan fingerprint density at radius 2 is 2.20 bits per heavy atom. The van der Waals surface area contributed by atoms with Gasteiger partial charge >= 0.3 is 0 Å². The van der Waals surface area contributed by atoms with Crippen LogP contribution in [0.15, 0.2) is 24.3 Å². The van der Waals surface area contributed by atoms with Crippen molar-refractivity contribution in [1.82, 2.24) is 0 Å². The monoisotopic (exact) mass is 224 g/mol. The van der Waals surface area contributed by atoms with Crippen LogP contribution < -0.4 is 0 Å². The van der Waals surface area contributed by atoms with E-state index in [0.29, 0.717) is 10.9 Å². The predicted octanol–water partition coefficient (Wildman–Crippen LogP) is 3.74. The molecule has 1 aromatic rings. The number of halogens is 1. The van der Waals surface area contributed by atoms with E-state index in [1.807, 2.05) is 24.3 Å². The smallest absolute Gasteiger partial charge is 0.0922 e. The van der Waals surface area contributed by atoms with Gasteiger partial charge < -0.3 is 5.11 Å². The highest BCUT2D eigenvalue weighted by Crippen LogP contribution is 2.41. The van der Waals surface area contributed by atoms with Gasteiger partial charge in [-0.2, -0.15) is 0 Å². The third-order valence-electron chi connectivity index (χ3n) is 3.58. The third kappa shape index (κ3) is 2.04. The Morgan fingerprint density at radius 3 is 2.87 bits per heavy atom. The molecule has 2 rings (SSSR count). The first kappa shape index (κ1) is 11.0. The Balaban J connectivity index is 2.34. The second-order valence-electron chi connectivity index (χ2n) is 4.58. The van der Waals surface area contributed by atoms with Crippen LogP contribution in [0.3, 0.4) is 0 Å². The molecule has 1 saturated carbocycles. The number of benzene rings is 1. The highest BCUT2D eigenvalue weighted by molar-refractivity contribution is 6.30. The van der Waals surface area contributed by atoms with Crippen LogP contribution in [-0.4, -0.2) is 5.11 Å². The maximum atomic E-state index is 10.7. The molecule has 1 fully saturated rings. The van der Waals surface area contributed by atoms with E-state index in [9.17, 15) is 5.11 Å². The summed E-state index contributed by atoms with van der Waals surface area (Å²) in [6.45, 7) is 2.13. The highest BCUT2D eigenvalue weighted by Gasteiger charge is 2.37. The predicted molar refractivity (Wildman–Crippen MR) is 63.0 cm³/mol. The van der Waals surface area contributed by atoms with E-state index >= 15 is 0 Å². The summed E-state index contributed by atoms with van der Waals surface area (Å²) in [6.07, 6.45) is 4.29. The molecule has 0 saturated heterocycles. The SMILES string of the molecule is CC1CCCCC1(O)c1cccc(Cl)c1. The fourth-order valence-electron chi connectivity index (χ4n) is 2.52. The van der Waals surface area contributed by atoms with Crippen molar-refractivity contribution in [3.63, 3.8) is 0 Å². The summed E-state index contributed by atoms with van der Waals surface area (Å²) in [5, 5.41) is 11.4. The van der Waals surface area contributed by atoms with E-state index in [4.69, 9.17) is 11.6 Å². The van der Waals surface area contributed by atoms with Gasteiger partial charge in [-0.15, -0.1) is 0 Å². The lowest BCUT2D eigenvalue weighted by molar-refractivity contribution is -0.0469. The molecule has 1 nitrogen and oxygen atoms in total. The van der Waals surface area contributed by atoms with Gasteiger partial charge in [0.1, 0.15) is 0 Å². The highest BCUT2D eigenvalue weighted by atomic mass is 35.5. The molecule has 0 spiro atoms. The van der Waals surface area contributed by atoms with Crippen LogP contribution >= 0.6 is 11.6 Å². The van der Waals surface area contributed by atoms with Gasteiger partial charge in [0.25, 0.3) is 0 Å². The fourth-order valence-corrected chi connectivity index (χ4v) is 2.71. The molecule has 0 heterocycles. The molecule has 2 unspecified atom stereocenters. The molecule has 1 aliphatic rings. The minimum absolute atomic E-state index is 0.324. The maximum absolute atomic E-state index is 10.7. The summed E-state index contributed by atoms with van der Waals surface area (Å²) in [7, 11) is 0. The Labute approximate surface area is 96.1 Å². The van der Waals surface area contributed by atoms with E-state index in [0.717, 1.165) is 24.8 Å². The fraction of sp³-hybridized carbons (Fsp3) is 0.538. The van der Waals surface area contributed by atoms with Gasteiger partial charge in [-0.1, -0.05) is 43.5 Å². The summed E-state index contributed by atoms with van der Waals surface area (Å²) in [4.78, 5) is 0. The first-order chi connectivity index (χ1) is 7.13. The average Bonchev–Trinajstić information content (AvgIpc) is 2.23. The summed E-state index contributed by atoms with van der Waals surface area (Å²) >= 11 is 5.96. The first-order valence-corrected chi connectivity index (χ1v) is 5.99. The zero-order valence-corrected chi connectivity index (χ0v) is 9.80. The van der Waals surface area contributed by atoms with Crippen LogP contribution in [0.25, 0.3) is 0 Å². The van der Waals surface area contributed by atoms with Crippen LogP contribution in [0.5, 0.6) is 0 Å². The number of rotatable bonds is 1. The molecule has 2 heteroatoms. The number of aliphatic hydroxyl groups is 1. The second kappa shape index (κ2) is 4.15. The summed E-state index contributed by atoms with van der Waals surface area (Å²) in [6, 6.07) is 7.63. The van der Waals surface area contributed by atoms with Crippen LogP contribution in [-0.2, 0) is 5.60 Å². The summed E-state index contributed by atoms with van der Waals surface area (Å²) in [5.74, 6) is 0.324.